The first-order valence-corrected chi connectivity index (χ1v) is 11.0. The third-order valence-corrected chi connectivity index (χ3v) is 5.53. The van der Waals surface area contributed by atoms with Crippen LogP contribution in [-0.4, -0.2) is 29.9 Å². The summed E-state index contributed by atoms with van der Waals surface area (Å²) >= 11 is 6.39. The molecule has 0 aromatic heterocycles. The smallest absolute Gasteiger partial charge is 0.335 e. The van der Waals surface area contributed by atoms with Crippen LogP contribution >= 0.6 is 11.6 Å². The summed E-state index contributed by atoms with van der Waals surface area (Å²) in [5.74, 6) is -2.09. The molecule has 4 rings (SSSR count). The maximum Gasteiger partial charge on any atom is 0.335 e. The second-order valence-electron chi connectivity index (χ2n) is 7.68. The Morgan fingerprint density at radius 2 is 1.84 bits per heavy atom. The maximum atomic E-state index is 13.3. The van der Waals surface area contributed by atoms with Crippen LogP contribution in [0.15, 0.2) is 66.2 Å². The predicted molar refractivity (Wildman–Crippen MR) is 131 cm³/mol. The van der Waals surface area contributed by atoms with Crippen LogP contribution in [0.2, 0.25) is 5.02 Å². The normalized spacial score (nSPS) is 14.5. The van der Waals surface area contributed by atoms with Crippen LogP contribution in [0.4, 0.5) is 20.6 Å². The topological polar surface area (TPSA) is 128 Å². The largest absolute Gasteiger partial charge is 0.493 e. The van der Waals surface area contributed by atoms with E-state index in [2.05, 4.69) is 5.32 Å². The predicted octanol–water partition coefficient (Wildman–Crippen LogP) is 4.64. The van der Waals surface area contributed by atoms with Gasteiger partial charge in [0.2, 0.25) is 0 Å². The van der Waals surface area contributed by atoms with Gasteiger partial charge in [0.25, 0.3) is 17.5 Å². The van der Waals surface area contributed by atoms with E-state index in [1.807, 2.05) is 0 Å². The van der Waals surface area contributed by atoms with Gasteiger partial charge in [-0.3, -0.25) is 25.0 Å². The molecule has 0 unspecified atom stereocenters. The average molecular weight is 526 g/mol. The lowest BCUT2D eigenvalue weighted by atomic mass is 10.1. The zero-order valence-corrected chi connectivity index (χ0v) is 19.8. The lowest BCUT2D eigenvalue weighted by molar-refractivity contribution is -0.384. The number of hydrogen-bond donors (Lipinski definition) is 1. The second kappa shape index (κ2) is 10.5. The van der Waals surface area contributed by atoms with Crippen LogP contribution in [-0.2, 0) is 16.2 Å². The molecule has 4 amide bonds. The van der Waals surface area contributed by atoms with Crippen molar-refractivity contribution in [3.8, 4) is 11.5 Å². The SMILES string of the molecule is COc1cc(/C=C2\C(=O)NC(=O)N(c3ccc(F)cc3)C2=O)cc(Cl)c1OCc1cccc([N+](=O)[O-])c1. The Hall–Kier alpha value is -4.77. The standard InChI is InChI=1S/C25H17ClFN3O7/c1-36-21-12-15(11-20(26)22(21)37-13-14-3-2-4-18(9-14)30(34)35)10-19-23(31)28-25(33)29(24(19)32)17-7-5-16(27)6-8-17/h2-12H,13H2,1H3,(H,28,31,33)/b19-10+. The van der Waals surface area contributed by atoms with Crippen LogP contribution in [0.25, 0.3) is 6.08 Å². The third kappa shape index (κ3) is 5.41. The third-order valence-electron chi connectivity index (χ3n) is 5.25. The number of urea groups is 1. The number of barbiturate groups is 1. The van der Waals surface area contributed by atoms with Gasteiger partial charge in [-0.2, -0.15) is 0 Å². The van der Waals surface area contributed by atoms with E-state index in [1.165, 1.54) is 55.7 Å². The van der Waals surface area contributed by atoms with Gasteiger partial charge in [-0.1, -0.05) is 23.7 Å². The van der Waals surface area contributed by atoms with E-state index in [4.69, 9.17) is 21.1 Å². The van der Waals surface area contributed by atoms with Crippen LogP contribution in [0.3, 0.4) is 0 Å². The number of hydrogen-bond acceptors (Lipinski definition) is 7. The molecule has 1 N–H and O–H groups in total. The molecule has 3 aromatic carbocycles. The highest BCUT2D eigenvalue weighted by molar-refractivity contribution is 6.39. The summed E-state index contributed by atoms with van der Waals surface area (Å²) in [6, 6.07) is 12.4. The van der Waals surface area contributed by atoms with Gasteiger partial charge in [0.1, 0.15) is 18.0 Å². The summed E-state index contributed by atoms with van der Waals surface area (Å²) in [5.41, 5.74) is 0.421. The number of anilines is 1. The summed E-state index contributed by atoms with van der Waals surface area (Å²) in [6.07, 6.45) is 1.22. The summed E-state index contributed by atoms with van der Waals surface area (Å²) in [4.78, 5) is 49.0. The summed E-state index contributed by atoms with van der Waals surface area (Å²) in [7, 11) is 1.36. The number of rotatable bonds is 7. The van der Waals surface area contributed by atoms with Crippen molar-refractivity contribution >= 4 is 46.9 Å². The molecule has 1 aliphatic rings. The molecular formula is C25H17ClFN3O7. The van der Waals surface area contributed by atoms with Crippen molar-refractivity contribution in [2.75, 3.05) is 12.0 Å². The van der Waals surface area contributed by atoms with Gasteiger partial charge >= 0.3 is 6.03 Å². The van der Waals surface area contributed by atoms with E-state index < -0.39 is 28.6 Å². The van der Waals surface area contributed by atoms with Crippen LogP contribution in [0.5, 0.6) is 11.5 Å². The minimum Gasteiger partial charge on any atom is -0.493 e. The molecule has 1 saturated heterocycles. The van der Waals surface area contributed by atoms with E-state index >= 15 is 0 Å². The second-order valence-corrected chi connectivity index (χ2v) is 8.09. The molecule has 1 heterocycles. The van der Waals surface area contributed by atoms with Crippen LogP contribution in [0.1, 0.15) is 11.1 Å². The molecule has 188 valence electrons. The van der Waals surface area contributed by atoms with E-state index in [1.54, 1.807) is 6.07 Å². The summed E-state index contributed by atoms with van der Waals surface area (Å²) < 4.78 is 24.4. The van der Waals surface area contributed by atoms with Gasteiger partial charge in [0, 0.05) is 12.1 Å². The fourth-order valence-electron chi connectivity index (χ4n) is 3.53. The van der Waals surface area contributed by atoms with Crippen molar-refractivity contribution < 1.29 is 33.2 Å². The van der Waals surface area contributed by atoms with Crippen molar-refractivity contribution in [3.05, 3.63) is 98.3 Å². The average Bonchev–Trinajstić information content (AvgIpc) is 2.86. The monoisotopic (exact) mass is 525 g/mol. The first kappa shape index (κ1) is 25.3. The van der Waals surface area contributed by atoms with Crippen LogP contribution < -0.4 is 19.7 Å². The fraction of sp³-hybridized carbons (Fsp3) is 0.0800. The molecule has 0 bridgehead atoms. The number of amides is 4. The zero-order chi connectivity index (χ0) is 26.7. The summed E-state index contributed by atoms with van der Waals surface area (Å²) in [5, 5.41) is 13.1. The Balaban J connectivity index is 1.62. The van der Waals surface area contributed by atoms with Crippen molar-refractivity contribution in [1.82, 2.24) is 5.32 Å². The van der Waals surface area contributed by atoms with Crippen molar-refractivity contribution in [1.29, 1.82) is 0 Å². The number of nitro groups is 1. The Morgan fingerprint density at radius 1 is 1.11 bits per heavy atom. The first-order valence-electron chi connectivity index (χ1n) is 10.6. The number of imide groups is 2. The van der Waals surface area contributed by atoms with Crippen molar-refractivity contribution in [3.63, 3.8) is 0 Å². The number of non-ortho nitro benzene ring substituents is 1. The molecular weight excluding hydrogens is 509 g/mol. The highest BCUT2D eigenvalue weighted by Crippen LogP contribution is 2.38. The first-order chi connectivity index (χ1) is 17.7. The number of halogens is 2. The van der Waals surface area contributed by atoms with Crippen molar-refractivity contribution in [2.24, 2.45) is 0 Å². The Kier molecular flexibility index (Phi) is 7.16. The van der Waals surface area contributed by atoms with Gasteiger partial charge in [0.15, 0.2) is 11.5 Å². The molecule has 0 spiro atoms. The summed E-state index contributed by atoms with van der Waals surface area (Å²) in [6.45, 7) is -0.0478. The number of carbonyl (C=O) groups is 3. The maximum absolute atomic E-state index is 13.3. The van der Waals surface area contributed by atoms with Gasteiger partial charge in [-0.05, 0) is 53.6 Å². The molecule has 1 aliphatic heterocycles. The van der Waals surface area contributed by atoms with Gasteiger partial charge in [0.05, 0.1) is 22.7 Å². The Bertz CT molecular complexity index is 1460. The fourth-order valence-corrected chi connectivity index (χ4v) is 3.80. The highest BCUT2D eigenvalue weighted by Gasteiger charge is 2.37. The van der Waals surface area contributed by atoms with E-state index in [0.717, 1.165) is 12.1 Å². The van der Waals surface area contributed by atoms with E-state index in [0.29, 0.717) is 10.5 Å². The molecule has 0 atom stereocenters. The zero-order valence-electron chi connectivity index (χ0n) is 19.1. The lowest BCUT2D eigenvalue weighted by Gasteiger charge is -2.26. The van der Waals surface area contributed by atoms with Crippen molar-refractivity contribution in [2.45, 2.75) is 6.61 Å². The minimum atomic E-state index is -0.973. The molecule has 1 fully saturated rings. The molecule has 10 nitrogen and oxygen atoms in total. The van der Waals surface area contributed by atoms with E-state index in [9.17, 15) is 28.9 Å². The number of nitrogens with zero attached hydrogens (tertiary/aromatic N) is 2. The molecule has 0 saturated carbocycles. The molecule has 12 heteroatoms. The van der Waals surface area contributed by atoms with Crippen LogP contribution in [0, 0.1) is 15.9 Å². The van der Waals surface area contributed by atoms with Gasteiger partial charge in [-0.25, -0.2) is 14.1 Å². The number of ether oxygens (including phenoxy) is 2. The molecule has 3 aromatic rings. The molecule has 37 heavy (non-hydrogen) atoms. The Morgan fingerprint density at radius 3 is 2.51 bits per heavy atom. The number of carbonyl (C=O) groups excluding carboxylic acids is 3. The molecule has 0 radical (unpaired) electrons. The number of nitro benzene ring substituents is 1. The van der Waals surface area contributed by atoms with Gasteiger partial charge < -0.3 is 9.47 Å². The highest BCUT2D eigenvalue weighted by atomic mass is 35.5. The number of methoxy groups -OCH3 is 1. The minimum absolute atomic E-state index is 0.0478. The Labute approximate surface area is 214 Å². The molecule has 0 aliphatic carbocycles. The number of nitrogens with one attached hydrogen (secondary N) is 1. The van der Waals surface area contributed by atoms with Gasteiger partial charge in [-0.15, -0.1) is 0 Å². The van der Waals surface area contributed by atoms with E-state index in [-0.39, 0.29) is 45.6 Å². The quantitative estimate of drug-likeness (QED) is 0.206. The lowest BCUT2D eigenvalue weighted by Crippen LogP contribution is -2.54. The number of benzene rings is 3.